The molecule has 20 heavy (non-hydrogen) atoms. The molecule has 1 unspecified atom stereocenters. The highest BCUT2D eigenvalue weighted by Crippen LogP contribution is 2.25. The second-order valence-corrected chi connectivity index (χ2v) is 4.90. The van der Waals surface area contributed by atoms with Crippen molar-refractivity contribution in [2.45, 2.75) is 6.10 Å². The number of benzene rings is 2. The average molecular weight is 308 g/mol. The molecule has 0 bridgehead atoms. The van der Waals surface area contributed by atoms with Crippen molar-refractivity contribution < 1.29 is 4.74 Å². The largest absolute Gasteiger partial charge is 0.486 e. The van der Waals surface area contributed by atoms with Crippen LogP contribution in [0.25, 0.3) is 10.4 Å². The molecule has 102 valence electrons. The molecular formula is C14H11Cl2N3O. The zero-order valence-electron chi connectivity index (χ0n) is 10.4. The van der Waals surface area contributed by atoms with Crippen LogP contribution in [-0.2, 0) is 0 Å². The highest BCUT2D eigenvalue weighted by atomic mass is 35.5. The van der Waals surface area contributed by atoms with E-state index >= 15 is 0 Å². The zero-order valence-corrected chi connectivity index (χ0v) is 11.9. The van der Waals surface area contributed by atoms with Crippen molar-refractivity contribution in [1.82, 2.24) is 0 Å². The Morgan fingerprint density at radius 2 is 1.55 bits per heavy atom. The van der Waals surface area contributed by atoms with Crippen molar-refractivity contribution >= 4 is 23.2 Å². The maximum absolute atomic E-state index is 8.47. The highest BCUT2D eigenvalue weighted by molar-refractivity contribution is 6.30. The van der Waals surface area contributed by atoms with Gasteiger partial charge in [0.05, 0.1) is 6.54 Å². The second-order valence-electron chi connectivity index (χ2n) is 4.03. The van der Waals surface area contributed by atoms with Crippen LogP contribution in [0.2, 0.25) is 10.0 Å². The molecule has 0 saturated heterocycles. The van der Waals surface area contributed by atoms with Crippen molar-refractivity contribution in [2.75, 3.05) is 6.54 Å². The predicted molar refractivity (Wildman–Crippen MR) is 80.3 cm³/mol. The number of azide groups is 1. The zero-order chi connectivity index (χ0) is 14.4. The van der Waals surface area contributed by atoms with Crippen molar-refractivity contribution in [2.24, 2.45) is 5.11 Å². The van der Waals surface area contributed by atoms with Gasteiger partial charge < -0.3 is 4.74 Å². The van der Waals surface area contributed by atoms with Crippen LogP contribution in [0.15, 0.2) is 53.6 Å². The Labute approximate surface area is 126 Å². The van der Waals surface area contributed by atoms with E-state index in [4.69, 9.17) is 33.5 Å². The van der Waals surface area contributed by atoms with Crippen LogP contribution in [0.3, 0.4) is 0 Å². The molecule has 0 N–H and O–H groups in total. The molecule has 0 fully saturated rings. The number of halogens is 2. The molecule has 6 heteroatoms. The molecule has 0 aliphatic carbocycles. The third kappa shape index (κ3) is 4.07. The van der Waals surface area contributed by atoms with Gasteiger partial charge in [-0.25, -0.2) is 0 Å². The Hall–Kier alpha value is -1.87. The summed E-state index contributed by atoms with van der Waals surface area (Å²) in [4.78, 5) is 2.77. The van der Waals surface area contributed by atoms with Crippen molar-refractivity contribution in [3.63, 3.8) is 0 Å². The molecule has 1 atom stereocenters. The van der Waals surface area contributed by atoms with E-state index < -0.39 is 0 Å². The fraction of sp³-hybridized carbons (Fsp3) is 0.143. The van der Waals surface area contributed by atoms with E-state index in [1.807, 2.05) is 12.1 Å². The first-order valence-electron chi connectivity index (χ1n) is 5.87. The fourth-order valence-electron chi connectivity index (χ4n) is 1.68. The van der Waals surface area contributed by atoms with E-state index in [1.165, 1.54) is 0 Å². The summed E-state index contributed by atoms with van der Waals surface area (Å²) in [6.45, 7) is 0.195. The van der Waals surface area contributed by atoms with Gasteiger partial charge in [0, 0.05) is 15.0 Å². The molecule has 0 aliphatic heterocycles. The average Bonchev–Trinajstić information content (AvgIpc) is 2.46. The SMILES string of the molecule is [N-]=[N+]=NCC(Oc1ccc(Cl)cc1)c1ccc(Cl)cc1. The van der Waals surface area contributed by atoms with Crippen LogP contribution < -0.4 is 4.74 Å². The van der Waals surface area contributed by atoms with E-state index in [1.54, 1.807) is 36.4 Å². The maximum Gasteiger partial charge on any atom is 0.129 e. The van der Waals surface area contributed by atoms with Gasteiger partial charge in [-0.05, 0) is 47.5 Å². The lowest BCUT2D eigenvalue weighted by atomic mass is 10.1. The minimum Gasteiger partial charge on any atom is -0.486 e. The summed E-state index contributed by atoms with van der Waals surface area (Å²) < 4.78 is 5.83. The fourth-order valence-corrected chi connectivity index (χ4v) is 1.93. The molecular weight excluding hydrogens is 297 g/mol. The lowest BCUT2D eigenvalue weighted by molar-refractivity contribution is 0.214. The third-order valence-corrected chi connectivity index (χ3v) is 3.15. The van der Waals surface area contributed by atoms with E-state index in [-0.39, 0.29) is 12.6 Å². The lowest BCUT2D eigenvalue weighted by Gasteiger charge is -2.18. The molecule has 0 aromatic heterocycles. The van der Waals surface area contributed by atoms with E-state index in [0.29, 0.717) is 15.8 Å². The van der Waals surface area contributed by atoms with Gasteiger partial charge in [0.1, 0.15) is 11.9 Å². The van der Waals surface area contributed by atoms with Gasteiger partial charge in [0.15, 0.2) is 0 Å². The first-order valence-corrected chi connectivity index (χ1v) is 6.63. The Bertz CT molecular complexity index is 607. The summed E-state index contributed by atoms with van der Waals surface area (Å²) in [5.74, 6) is 0.655. The number of hydrogen-bond acceptors (Lipinski definition) is 2. The number of rotatable bonds is 5. The van der Waals surface area contributed by atoms with Crippen LogP contribution in [-0.4, -0.2) is 6.54 Å². The van der Waals surface area contributed by atoms with Crippen LogP contribution in [0.1, 0.15) is 11.7 Å². The Balaban J connectivity index is 2.20. The molecule has 0 saturated carbocycles. The molecule has 2 rings (SSSR count). The molecule has 0 aliphatic rings. The van der Waals surface area contributed by atoms with Gasteiger partial charge in [-0.2, -0.15) is 0 Å². The van der Waals surface area contributed by atoms with Crippen LogP contribution in [0, 0.1) is 0 Å². The monoisotopic (exact) mass is 307 g/mol. The van der Waals surface area contributed by atoms with Gasteiger partial charge in [-0.15, -0.1) is 0 Å². The minimum atomic E-state index is -0.371. The van der Waals surface area contributed by atoms with Crippen LogP contribution in [0.5, 0.6) is 5.75 Å². The van der Waals surface area contributed by atoms with Gasteiger partial charge in [0.25, 0.3) is 0 Å². The smallest absolute Gasteiger partial charge is 0.129 e. The molecule has 4 nitrogen and oxygen atoms in total. The lowest BCUT2D eigenvalue weighted by Crippen LogP contribution is -2.10. The van der Waals surface area contributed by atoms with Gasteiger partial charge in [0.2, 0.25) is 0 Å². The Kier molecular flexibility index (Phi) is 5.13. The predicted octanol–water partition coefficient (Wildman–Crippen LogP) is 5.42. The summed E-state index contributed by atoms with van der Waals surface area (Å²) in [6, 6.07) is 14.2. The quantitative estimate of drug-likeness (QED) is 0.413. The number of hydrogen-bond donors (Lipinski definition) is 0. The minimum absolute atomic E-state index is 0.195. The van der Waals surface area contributed by atoms with Crippen LogP contribution >= 0.6 is 23.2 Å². The topological polar surface area (TPSA) is 58.0 Å². The molecule has 2 aromatic carbocycles. The second kappa shape index (κ2) is 7.06. The number of ether oxygens (including phenoxy) is 1. The molecule has 0 amide bonds. The Morgan fingerprint density at radius 3 is 2.10 bits per heavy atom. The normalized spacial score (nSPS) is 11.5. The summed E-state index contributed by atoms with van der Waals surface area (Å²) in [7, 11) is 0. The van der Waals surface area contributed by atoms with Gasteiger partial charge in [-0.3, -0.25) is 0 Å². The van der Waals surface area contributed by atoms with E-state index in [9.17, 15) is 0 Å². The third-order valence-electron chi connectivity index (χ3n) is 2.64. The summed E-state index contributed by atoms with van der Waals surface area (Å²) in [5.41, 5.74) is 9.36. The first-order chi connectivity index (χ1) is 9.69. The maximum atomic E-state index is 8.47. The first kappa shape index (κ1) is 14.5. The number of nitrogens with zero attached hydrogens (tertiary/aromatic N) is 3. The molecule has 0 heterocycles. The molecule has 0 radical (unpaired) electrons. The van der Waals surface area contributed by atoms with E-state index in [0.717, 1.165) is 5.56 Å². The van der Waals surface area contributed by atoms with Crippen LogP contribution in [0.4, 0.5) is 0 Å². The molecule has 0 spiro atoms. The van der Waals surface area contributed by atoms with Crippen molar-refractivity contribution in [3.8, 4) is 5.75 Å². The van der Waals surface area contributed by atoms with Gasteiger partial charge >= 0.3 is 0 Å². The van der Waals surface area contributed by atoms with Crippen molar-refractivity contribution in [1.29, 1.82) is 0 Å². The van der Waals surface area contributed by atoms with E-state index in [2.05, 4.69) is 10.0 Å². The summed E-state index contributed by atoms with van der Waals surface area (Å²) in [6.07, 6.45) is -0.371. The van der Waals surface area contributed by atoms with Crippen molar-refractivity contribution in [3.05, 3.63) is 74.6 Å². The summed E-state index contributed by atoms with van der Waals surface area (Å²) >= 11 is 11.7. The highest BCUT2D eigenvalue weighted by Gasteiger charge is 2.12. The molecule has 2 aromatic rings. The summed E-state index contributed by atoms with van der Waals surface area (Å²) in [5, 5.41) is 4.86. The van der Waals surface area contributed by atoms with Gasteiger partial charge in [-0.1, -0.05) is 40.4 Å². The standard InChI is InChI=1S/C14H11Cl2N3O/c15-11-3-1-10(2-4-11)14(9-18-19-17)20-13-7-5-12(16)6-8-13/h1-8,14H,9H2. The Morgan fingerprint density at radius 1 is 1.00 bits per heavy atom.